The zero-order chi connectivity index (χ0) is 28.2. The molecule has 0 spiro atoms. The van der Waals surface area contributed by atoms with Crippen LogP contribution in [0.1, 0.15) is 19.8 Å². The van der Waals surface area contributed by atoms with E-state index in [1.807, 2.05) is 11.8 Å². The average molecular weight is 570 g/mol. The summed E-state index contributed by atoms with van der Waals surface area (Å²) in [4.78, 5) is 35.3. The molecule has 1 aromatic heterocycles. The van der Waals surface area contributed by atoms with Crippen molar-refractivity contribution in [1.82, 2.24) is 14.9 Å². The highest BCUT2D eigenvalue weighted by Gasteiger charge is 2.33. The summed E-state index contributed by atoms with van der Waals surface area (Å²) < 4.78 is 30.1. The third kappa shape index (κ3) is 6.67. The molecular weight excluding hydrogens is 541 g/mol. The number of aromatic nitrogens is 2. The molecule has 2 N–H and O–H groups in total. The number of ether oxygens (including phenoxy) is 3. The predicted octanol–water partition coefficient (Wildman–Crippen LogP) is 4.67. The van der Waals surface area contributed by atoms with Crippen molar-refractivity contribution in [3.8, 4) is 5.75 Å². The van der Waals surface area contributed by atoms with Crippen LogP contribution in [0.2, 0.25) is 5.02 Å². The van der Waals surface area contributed by atoms with Gasteiger partial charge in [-0.3, -0.25) is 14.5 Å². The number of nitrogens with zero attached hydrogens (tertiary/aromatic N) is 3. The number of carbonyl (C=O) groups excluding carboxylic acids is 2. The van der Waals surface area contributed by atoms with Crippen LogP contribution in [-0.4, -0.2) is 65.9 Å². The standard InChI is InChI=1S/C28H29ClFN5O5/c1-16-28(38-2)40-26(37)13-35(16)9-3-4-25(36)34-23-11-19-22(12-24(23)39-14-17-5-6-17)31-15-32-27(19)33-18-7-8-21(30)20(29)10-18/h3-4,7-8,10-12,15-17,28H,5-6,9,13-14H2,1-2H3,(H,34,36)(H,31,32,33)/t16?,28-/m1/s1. The minimum atomic E-state index is -0.664. The Morgan fingerprint density at radius 2 is 2.10 bits per heavy atom. The number of rotatable bonds is 10. The minimum Gasteiger partial charge on any atom is -0.491 e. The Bertz CT molecular complexity index is 1450. The van der Waals surface area contributed by atoms with Gasteiger partial charge in [0.2, 0.25) is 12.2 Å². The lowest BCUT2D eigenvalue weighted by atomic mass is 10.1. The summed E-state index contributed by atoms with van der Waals surface area (Å²) in [6.45, 7) is 2.89. The molecule has 0 radical (unpaired) electrons. The number of carbonyl (C=O) groups is 2. The van der Waals surface area contributed by atoms with Crippen molar-refractivity contribution >= 4 is 51.6 Å². The molecule has 2 aromatic carbocycles. The largest absolute Gasteiger partial charge is 0.491 e. The number of benzene rings is 2. The minimum absolute atomic E-state index is 0.0209. The first-order valence-electron chi connectivity index (χ1n) is 12.9. The zero-order valence-electron chi connectivity index (χ0n) is 22.0. The topological polar surface area (TPSA) is 115 Å². The third-order valence-electron chi connectivity index (χ3n) is 6.74. The zero-order valence-corrected chi connectivity index (χ0v) is 22.8. The Kier molecular flexibility index (Phi) is 8.43. The van der Waals surface area contributed by atoms with E-state index in [0.29, 0.717) is 52.9 Å². The fraction of sp³-hybridized carbons (Fsp3) is 0.357. The van der Waals surface area contributed by atoms with Crippen molar-refractivity contribution in [2.24, 2.45) is 5.92 Å². The monoisotopic (exact) mass is 569 g/mol. The molecular formula is C28H29ClFN5O5. The van der Waals surface area contributed by atoms with Crippen molar-refractivity contribution in [3.05, 3.63) is 59.7 Å². The molecule has 10 nitrogen and oxygen atoms in total. The van der Waals surface area contributed by atoms with Crippen LogP contribution < -0.4 is 15.4 Å². The van der Waals surface area contributed by atoms with Crippen molar-refractivity contribution in [3.63, 3.8) is 0 Å². The highest BCUT2D eigenvalue weighted by atomic mass is 35.5. The molecule has 1 aliphatic heterocycles. The molecule has 1 saturated heterocycles. The lowest BCUT2D eigenvalue weighted by Gasteiger charge is -2.36. The van der Waals surface area contributed by atoms with Gasteiger partial charge in [0.25, 0.3) is 0 Å². The van der Waals surface area contributed by atoms with Gasteiger partial charge in [-0.15, -0.1) is 0 Å². The van der Waals surface area contributed by atoms with Gasteiger partial charge in [0.15, 0.2) is 0 Å². The molecule has 0 bridgehead atoms. The van der Waals surface area contributed by atoms with Gasteiger partial charge in [-0.25, -0.2) is 14.4 Å². The summed E-state index contributed by atoms with van der Waals surface area (Å²) >= 11 is 5.94. The Labute approximate surface area is 235 Å². The van der Waals surface area contributed by atoms with E-state index in [0.717, 1.165) is 12.8 Å². The Hall–Kier alpha value is -3.80. The molecule has 1 amide bonds. The van der Waals surface area contributed by atoms with Gasteiger partial charge in [0, 0.05) is 36.9 Å². The van der Waals surface area contributed by atoms with Crippen LogP contribution in [0.4, 0.5) is 21.6 Å². The van der Waals surface area contributed by atoms with E-state index in [1.165, 1.54) is 31.6 Å². The number of anilines is 3. The van der Waals surface area contributed by atoms with Crippen LogP contribution in [0.15, 0.2) is 48.8 Å². The van der Waals surface area contributed by atoms with Crippen LogP contribution in [0.25, 0.3) is 10.9 Å². The summed E-state index contributed by atoms with van der Waals surface area (Å²) in [7, 11) is 1.48. The van der Waals surface area contributed by atoms with Gasteiger partial charge in [-0.2, -0.15) is 0 Å². The van der Waals surface area contributed by atoms with Gasteiger partial charge in [-0.1, -0.05) is 17.7 Å². The number of esters is 1. The number of nitrogens with one attached hydrogen (secondary N) is 2. The fourth-order valence-electron chi connectivity index (χ4n) is 4.30. The summed E-state index contributed by atoms with van der Waals surface area (Å²) in [5, 5.41) is 6.63. The molecule has 2 aliphatic rings. The second-order valence-electron chi connectivity index (χ2n) is 9.75. The van der Waals surface area contributed by atoms with Gasteiger partial charge in [0.05, 0.1) is 35.4 Å². The molecule has 2 heterocycles. The normalized spacial score (nSPS) is 19.6. The van der Waals surface area contributed by atoms with Crippen molar-refractivity contribution in [2.75, 3.05) is 37.4 Å². The molecule has 210 valence electrons. The number of cyclic esters (lactones) is 1. The number of morpholine rings is 1. The molecule has 2 atom stereocenters. The Morgan fingerprint density at radius 1 is 1.27 bits per heavy atom. The molecule has 5 rings (SSSR count). The van der Waals surface area contributed by atoms with E-state index in [4.69, 9.17) is 25.8 Å². The summed E-state index contributed by atoms with van der Waals surface area (Å²) in [5.41, 5.74) is 1.59. The first-order chi connectivity index (χ1) is 19.3. The quantitative estimate of drug-likeness (QED) is 0.265. The second kappa shape index (κ2) is 12.2. The molecule has 1 aliphatic carbocycles. The highest BCUT2D eigenvalue weighted by Crippen LogP contribution is 2.36. The first kappa shape index (κ1) is 27.8. The number of hydrogen-bond donors (Lipinski definition) is 2. The van der Waals surface area contributed by atoms with Crippen LogP contribution in [0, 0.1) is 11.7 Å². The number of fused-ring (bicyclic) bond motifs is 1. The smallest absolute Gasteiger partial charge is 0.322 e. The Morgan fingerprint density at radius 3 is 2.85 bits per heavy atom. The molecule has 1 saturated carbocycles. The molecule has 1 unspecified atom stereocenters. The van der Waals surface area contributed by atoms with E-state index in [-0.39, 0.29) is 29.5 Å². The summed E-state index contributed by atoms with van der Waals surface area (Å²) in [6, 6.07) is 7.60. The Balaban J connectivity index is 1.36. The molecule has 40 heavy (non-hydrogen) atoms. The maximum Gasteiger partial charge on any atom is 0.322 e. The van der Waals surface area contributed by atoms with E-state index in [9.17, 15) is 14.0 Å². The van der Waals surface area contributed by atoms with Crippen LogP contribution in [-0.2, 0) is 19.1 Å². The van der Waals surface area contributed by atoms with E-state index in [1.54, 1.807) is 24.3 Å². The molecule has 2 fully saturated rings. The average Bonchev–Trinajstić information content (AvgIpc) is 3.76. The summed E-state index contributed by atoms with van der Waals surface area (Å²) in [5.74, 6) is 0.161. The van der Waals surface area contributed by atoms with Gasteiger partial charge < -0.3 is 24.8 Å². The molecule has 3 aromatic rings. The first-order valence-corrected chi connectivity index (χ1v) is 13.3. The van der Waals surface area contributed by atoms with Crippen molar-refractivity contribution < 1.29 is 28.2 Å². The van der Waals surface area contributed by atoms with Gasteiger partial charge in [0.1, 0.15) is 23.7 Å². The van der Waals surface area contributed by atoms with Crippen LogP contribution >= 0.6 is 11.6 Å². The second-order valence-corrected chi connectivity index (χ2v) is 10.2. The number of methoxy groups -OCH3 is 1. The predicted molar refractivity (Wildman–Crippen MR) is 148 cm³/mol. The number of hydrogen-bond acceptors (Lipinski definition) is 9. The lowest BCUT2D eigenvalue weighted by Crippen LogP contribution is -2.52. The number of amides is 1. The van der Waals surface area contributed by atoms with Crippen LogP contribution in [0.3, 0.4) is 0 Å². The highest BCUT2D eigenvalue weighted by molar-refractivity contribution is 6.31. The fourth-order valence-corrected chi connectivity index (χ4v) is 4.48. The van der Waals surface area contributed by atoms with Gasteiger partial charge in [-0.05, 0) is 49.9 Å². The summed E-state index contributed by atoms with van der Waals surface area (Å²) in [6.07, 6.45) is 6.06. The number of halogens is 2. The SMILES string of the molecule is CO[C@@H]1OC(=O)CN(CC=CC(=O)Nc2cc3c(Nc4ccc(F)c(Cl)c4)ncnc3cc2OCC2CC2)C1C. The van der Waals surface area contributed by atoms with E-state index >= 15 is 0 Å². The maximum atomic E-state index is 13.6. The third-order valence-corrected chi connectivity index (χ3v) is 7.03. The maximum absolute atomic E-state index is 13.6. The van der Waals surface area contributed by atoms with Crippen molar-refractivity contribution in [2.45, 2.75) is 32.1 Å². The lowest BCUT2D eigenvalue weighted by molar-refractivity contribution is -0.202. The van der Waals surface area contributed by atoms with Crippen molar-refractivity contribution in [1.29, 1.82) is 0 Å². The van der Waals surface area contributed by atoms with E-state index < -0.39 is 12.1 Å². The van der Waals surface area contributed by atoms with Gasteiger partial charge >= 0.3 is 5.97 Å². The molecule has 12 heteroatoms. The van der Waals surface area contributed by atoms with E-state index in [2.05, 4.69) is 20.6 Å². The van der Waals surface area contributed by atoms with Crippen LogP contribution in [0.5, 0.6) is 5.75 Å².